The third kappa shape index (κ3) is 6.51. The van der Waals surface area contributed by atoms with Crippen LogP contribution in [0.1, 0.15) is 31.9 Å². The van der Waals surface area contributed by atoms with Gasteiger partial charge in [0.2, 0.25) is 5.79 Å². The first kappa shape index (κ1) is 30.7. The zero-order valence-corrected chi connectivity index (χ0v) is 26.8. The summed E-state index contributed by atoms with van der Waals surface area (Å²) in [6, 6.07) is 26.4. The summed E-state index contributed by atoms with van der Waals surface area (Å²) in [5.74, 6) is -0.185. The van der Waals surface area contributed by atoms with E-state index in [9.17, 15) is 4.79 Å². The number of aromatic nitrogens is 6. The van der Waals surface area contributed by atoms with Gasteiger partial charge in [-0.3, -0.25) is 0 Å². The molecule has 2 aromatic heterocycles. The SMILES string of the molecule is CCC(C)n1ncn(-c2ccc(N3CCN(c4ccc(OC[C@@H]5CO[C@@](Cn6nccn6)(c6ccccc6)O5)cc4)CC3)cc2)c1=O. The second-order valence-corrected chi connectivity index (χ2v) is 12.0. The molecule has 0 spiro atoms. The third-order valence-corrected chi connectivity index (χ3v) is 9.00. The van der Waals surface area contributed by atoms with Gasteiger partial charge in [-0.15, -0.1) is 0 Å². The third-order valence-electron chi connectivity index (χ3n) is 9.00. The molecule has 12 heteroatoms. The molecule has 0 aliphatic carbocycles. The van der Waals surface area contributed by atoms with Gasteiger partial charge in [0.1, 0.15) is 31.3 Å². The average molecular weight is 637 g/mol. The lowest BCUT2D eigenvalue weighted by atomic mass is 10.1. The van der Waals surface area contributed by atoms with E-state index < -0.39 is 5.79 Å². The Kier molecular flexibility index (Phi) is 8.77. The van der Waals surface area contributed by atoms with E-state index in [0.29, 0.717) is 19.8 Å². The molecular weight excluding hydrogens is 596 g/mol. The number of benzene rings is 3. The largest absolute Gasteiger partial charge is 0.491 e. The average Bonchev–Trinajstić information content (AvgIpc) is 3.89. The Bertz CT molecular complexity index is 1780. The van der Waals surface area contributed by atoms with Gasteiger partial charge in [0.15, 0.2) is 0 Å². The highest BCUT2D eigenvalue weighted by molar-refractivity contribution is 5.54. The zero-order valence-electron chi connectivity index (χ0n) is 26.8. The summed E-state index contributed by atoms with van der Waals surface area (Å²) in [6.45, 7) is 8.79. The smallest absolute Gasteiger partial charge is 0.350 e. The molecule has 1 unspecified atom stereocenters. The van der Waals surface area contributed by atoms with Crippen LogP contribution < -0.4 is 20.2 Å². The molecule has 12 nitrogen and oxygen atoms in total. The monoisotopic (exact) mass is 636 g/mol. The van der Waals surface area contributed by atoms with Crippen molar-refractivity contribution < 1.29 is 14.2 Å². The number of ether oxygens (including phenoxy) is 3. The molecule has 2 aliphatic rings. The maximum absolute atomic E-state index is 12.8. The van der Waals surface area contributed by atoms with Gasteiger partial charge in [0, 0.05) is 43.1 Å². The normalized spacial score (nSPS) is 20.4. The molecule has 5 aromatic rings. The van der Waals surface area contributed by atoms with Crippen LogP contribution in [-0.4, -0.2) is 74.8 Å². The van der Waals surface area contributed by atoms with Crippen molar-refractivity contribution in [1.82, 2.24) is 29.3 Å². The second kappa shape index (κ2) is 13.4. The molecule has 7 rings (SSSR count). The van der Waals surface area contributed by atoms with Gasteiger partial charge < -0.3 is 24.0 Å². The van der Waals surface area contributed by atoms with Gasteiger partial charge in [0.25, 0.3) is 0 Å². The topological polar surface area (TPSA) is 105 Å². The van der Waals surface area contributed by atoms with Gasteiger partial charge in [-0.1, -0.05) is 37.3 Å². The molecule has 0 amide bonds. The van der Waals surface area contributed by atoms with Crippen molar-refractivity contribution >= 4 is 11.4 Å². The Morgan fingerprint density at radius 3 is 2.11 bits per heavy atom. The molecular formula is C35H40N8O4. The highest BCUT2D eigenvalue weighted by Crippen LogP contribution is 2.36. The Morgan fingerprint density at radius 1 is 0.851 bits per heavy atom. The molecule has 0 N–H and O–H groups in total. The fraction of sp³-hybridized carbons (Fsp3) is 0.371. The quantitative estimate of drug-likeness (QED) is 0.210. The number of anilines is 2. The number of rotatable bonds is 11. The lowest BCUT2D eigenvalue weighted by Crippen LogP contribution is -2.46. The molecule has 47 heavy (non-hydrogen) atoms. The molecule has 244 valence electrons. The number of piperazine rings is 1. The zero-order chi connectivity index (χ0) is 32.2. The molecule has 0 saturated carbocycles. The first-order valence-corrected chi connectivity index (χ1v) is 16.2. The van der Waals surface area contributed by atoms with Crippen molar-refractivity contribution in [2.45, 2.75) is 44.7 Å². The Balaban J connectivity index is 0.913. The van der Waals surface area contributed by atoms with Crippen LogP contribution in [0.15, 0.2) is 102 Å². The van der Waals surface area contributed by atoms with Crippen molar-refractivity contribution in [3.8, 4) is 11.4 Å². The maximum Gasteiger partial charge on any atom is 0.350 e. The number of hydrogen-bond donors (Lipinski definition) is 0. The van der Waals surface area contributed by atoms with Crippen molar-refractivity contribution in [3.05, 3.63) is 114 Å². The van der Waals surface area contributed by atoms with Crippen molar-refractivity contribution in [3.63, 3.8) is 0 Å². The molecule has 0 bridgehead atoms. The van der Waals surface area contributed by atoms with Crippen LogP contribution >= 0.6 is 0 Å². The highest BCUT2D eigenvalue weighted by Gasteiger charge is 2.44. The molecule has 3 atom stereocenters. The minimum atomic E-state index is -0.973. The van der Waals surface area contributed by atoms with Gasteiger partial charge in [0.05, 0.1) is 30.7 Å². The Labute approximate surface area is 273 Å². The first-order chi connectivity index (χ1) is 23.0. The summed E-state index contributed by atoms with van der Waals surface area (Å²) < 4.78 is 22.0. The summed E-state index contributed by atoms with van der Waals surface area (Å²) in [5.41, 5.74) is 3.95. The molecule has 2 fully saturated rings. The van der Waals surface area contributed by atoms with Crippen molar-refractivity contribution in [2.24, 2.45) is 0 Å². The molecule has 4 heterocycles. The second-order valence-electron chi connectivity index (χ2n) is 12.0. The van der Waals surface area contributed by atoms with E-state index in [-0.39, 0.29) is 17.8 Å². The fourth-order valence-corrected chi connectivity index (χ4v) is 6.13. The molecule has 2 aliphatic heterocycles. The standard InChI is InChI=1S/C35H40N8O4/c1-3-27(2)43-34(44)41(26-38-43)31-11-9-29(10-12-31)39-19-21-40(22-20-39)30-13-15-32(16-14-30)45-23-33-24-46-35(47-33,25-42-36-17-18-37-42)28-7-5-4-6-8-28/h4-18,26-27,33H,3,19-25H2,1-2H3/t27?,33-,35-/m1/s1. The van der Waals surface area contributed by atoms with Crippen molar-refractivity contribution in [1.29, 1.82) is 0 Å². The van der Waals surface area contributed by atoms with Crippen LogP contribution in [0.5, 0.6) is 5.75 Å². The summed E-state index contributed by atoms with van der Waals surface area (Å²) >= 11 is 0. The summed E-state index contributed by atoms with van der Waals surface area (Å²) in [4.78, 5) is 19.1. The van der Waals surface area contributed by atoms with Crippen LogP contribution in [0.4, 0.5) is 11.4 Å². The van der Waals surface area contributed by atoms with Crippen molar-refractivity contribution in [2.75, 3.05) is 49.2 Å². The van der Waals surface area contributed by atoms with E-state index in [4.69, 9.17) is 14.2 Å². The maximum atomic E-state index is 12.8. The molecule has 3 aromatic carbocycles. The Hall–Kier alpha value is -4.94. The van der Waals surface area contributed by atoms with E-state index in [1.54, 1.807) is 32.8 Å². The lowest BCUT2D eigenvalue weighted by molar-refractivity contribution is -0.192. The first-order valence-electron chi connectivity index (χ1n) is 16.2. The number of hydrogen-bond acceptors (Lipinski definition) is 9. The van der Waals surface area contributed by atoms with Gasteiger partial charge in [-0.05, 0) is 61.9 Å². The lowest BCUT2D eigenvalue weighted by Gasteiger charge is -2.37. The molecule has 0 radical (unpaired) electrons. The predicted molar refractivity (Wildman–Crippen MR) is 178 cm³/mol. The van der Waals surface area contributed by atoms with E-state index in [1.807, 2.05) is 61.5 Å². The van der Waals surface area contributed by atoms with E-state index in [1.165, 1.54) is 5.69 Å². The minimum Gasteiger partial charge on any atom is -0.491 e. The highest BCUT2D eigenvalue weighted by atomic mass is 16.8. The van der Waals surface area contributed by atoms with E-state index in [2.05, 4.69) is 56.3 Å². The van der Waals surface area contributed by atoms with Gasteiger partial charge in [-0.25, -0.2) is 14.0 Å². The Morgan fingerprint density at radius 2 is 1.47 bits per heavy atom. The van der Waals surface area contributed by atoms with Crippen LogP contribution in [0, 0.1) is 0 Å². The number of nitrogens with zero attached hydrogens (tertiary/aromatic N) is 8. The van der Waals surface area contributed by atoms with Crippen LogP contribution in [0.2, 0.25) is 0 Å². The van der Waals surface area contributed by atoms with Crippen LogP contribution in [0.3, 0.4) is 0 Å². The van der Waals surface area contributed by atoms with Crippen LogP contribution in [0.25, 0.3) is 5.69 Å². The minimum absolute atomic E-state index is 0.0721. The van der Waals surface area contributed by atoms with Gasteiger partial charge >= 0.3 is 5.69 Å². The summed E-state index contributed by atoms with van der Waals surface area (Å²) in [6.07, 6.45) is 5.51. The summed E-state index contributed by atoms with van der Waals surface area (Å²) in [5, 5.41) is 12.8. The van der Waals surface area contributed by atoms with Crippen LogP contribution in [-0.2, 0) is 21.8 Å². The van der Waals surface area contributed by atoms with Gasteiger partial charge in [-0.2, -0.15) is 20.1 Å². The fourth-order valence-electron chi connectivity index (χ4n) is 6.13. The predicted octanol–water partition coefficient (Wildman–Crippen LogP) is 4.27. The van der Waals surface area contributed by atoms with E-state index in [0.717, 1.165) is 55.3 Å². The molecule has 2 saturated heterocycles. The van der Waals surface area contributed by atoms with E-state index >= 15 is 0 Å². The summed E-state index contributed by atoms with van der Waals surface area (Å²) in [7, 11) is 0.